The average molecular weight is 261 g/mol. The first-order valence-corrected chi connectivity index (χ1v) is 6.58. The summed E-state index contributed by atoms with van der Waals surface area (Å²) in [5.74, 6) is 0.856. The zero-order valence-corrected chi connectivity index (χ0v) is 11.6. The first kappa shape index (κ1) is 12.5. The zero-order chi connectivity index (χ0) is 13.8. The van der Waals surface area contributed by atoms with Gasteiger partial charge in [-0.3, -0.25) is 4.79 Å². The molecule has 1 aromatic carbocycles. The summed E-state index contributed by atoms with van der Waals surface area (Å²) < 4.78 is 5.62. The molecule has 4 heteroatoms. The largest absolute Gasteiger partial charge is 0.492 e. The molecule has 1 fully saturated rings. The van der Waals surface area contributed by atoms with E-state index in [1.165, 1.54) is 0 Å². The van der Waals surface area contributed by atoms with E-state index in [0.717, 1.165) is 11.3 Å². The summed E-state index contributed by atoms with van der Waals surface area (Å²) in [6.45, 7) is 7.43. The maximum Gasteiger partial charge on any atom is 0.254 e. The molecule has 2 aliphatic heterocycles. The number of carbonyl (C=O) groups excluding carboxylic acids is 1. The number of carbonyl (C=O) groups is 1. The minimum Gasteiger partial charge on any atom is -0.492 e. The first-order valence-electron chi connectivity index (χ1n) is 6.58. The monoisotopic (exact) mass is 261 g/mol. The minimum absolute atomic E-state index is 0.0166. The fourth-order valence-electron chi connectivity index (χ4n) is 2.76. The molecule has 0 unspecified atom stereocenters. The second-order valence-electron chi connectivity index (χ2n) is 6.54. The summed E-state index contributed by atoms with van der Waals surface area (Å²) in [6, 6.07) is 5.60. The molecular formula is C15H19NO3. The molecule has 1 aromatic rings. The van der Waals surface area contributed by atoms with Crippen LogP contribution in [0.5, 0.6) is 5.75 Å². The fourth-order valence-corrected chi connectivity index (χ4v) is 2.76. The number of fused-ring (bicyclic) bond motifs is 1. The molecular weight excluding hydrogens is 242 g/mol. The third-order valence-electron chi connectivity index (χ3n) is 3.89. The Balaban J connectivity index is 1.86. The molecule has 1 N–H and O–H groups in total. The Morgan fingerprint density at radius 3 is 2.63 bits per heavy atom. The van der Waals surface area contributed by atoms with Crippen molar-refractivity contribution in [3.8, 4) is 5.75 Å². The molecule has 4 nitrogen and oxygen atoms in total. The predicted octanol–water partition coefficient (Wildman–Crippen LogP) is 1.56. The van der Waals surface area contributed by atoms with Crippen molar-refractivity contribution in [1.82, 2.24) is 4.90 Å². The standard InChI is InChI=1S/C15H19NO3/c1-14(2)9-19-12-5-4-10(6-11(12)14)13(17)16-7-15(3,18)8-16/h4-6,18H,7-9H2,1-3H3. The van der Waals surface area contributed by atoms with E-state index in [1.54, 1.807) is 17.9 Å². The molecule has 2 heterocycles. The van der Waals surface area contributed by atoms with E-state index in [0.29, 0.717) is 25.3 Å². The van der Waals surface area contributed by atoms with E-state index < -0.39 is 5.60 Å². The quantitative estimate of drug-likeness (QED) is 0.834. The maximum absolute atomic E-state index is 12.3. The van der Waals surface area contributed by atoms with Gasteiger partial charge in [0.25, 0.3) is 5.91 Å². The minimum atomic E-state index is -0.727. The van der Waals surface area contributed by atoms with Crippen LogP contribution in [0, 0.1) is 0 Å². The van der Waals surface area contributed by atoms with E-state index in [4.69, 9.17) is 4.74 Å². The Labute approximate surface area is 113 Å². The van der Waals surface area contributed by atoms with Crippen molar-refractivity contribution < 1.29 is 14.6 Å². The second-order valence-corrected chi connectivity index (χ2v) is 6.54. The van der Waals surface area contributed by atoms with Crippen LogP contribution in [0.3, 0.4) is 0 Å². The molecule has 0 aliphatic carbocycles. The smallest absolute Gasteiger partial charge is 0.254 e. The number of nitrogens with zero attached hydrogens (tertiary/aromatic N) is 1. The number of benzene rings is 1. The molecule has 0 atom stereocenters. The summed E-state index contributed by atoms with van der Waals surface area (Å²) in [5, 5.41) is 9.70. The van der Waals surface area contributed by atoms with Gasteiger partial charge < -0.3 is 14.7 Å². The first-order chi connectivity index (χ1) is 8.78. The molecule has 0 spiro atoms. The molecule has 1 amide bonds. The lowest BCUT2D eigenvalue weighted by atomic mass is 9.86. The summed E-state index contributed by atoms with van der Waals surface area (Å²) in [6.07, 6.45) is 0. The van der Waals surface area contributed by atoms with Gasteiger partial charge in [-0.05, 0) is 25.1 Å². The van der Waals surface area contributed by atoms with E-state index >= 15 is 0 Å². The van der Waals surface area contributed by atoms with Crippen LogP contribution in [0.15, 0.2) is 18.2 Å². The highest BCUT2D eigenvalue weighted by molar-refractivity contribution is 5.95. The van der Waals surface area contributed by atoms with Crippen LogP contribution in [0.4, 0.5) is 0 Å². The summed E-state index contributed by atoms with van der Waals surface area (Å²) in [5.41, 5.74) is 0.986. The number of rotatable bonds is 1. The molecule has 3 rings (SSSR count). The number of hydrogen-bond donors (Lipinski definition) is 1. The lowest BCUT2D eigenvalue weighted by molar-refractivity contribution is -0.0668. The Bertz CT molecular complexity index is 540. The van der Waals surface area contributed by atoms with Gasteiger partial charge in [-0.25, -0.2) is 0 Å². The highest BCUT2D eigenvalue weighted by Crippen LogP contribution is 2.39. The Morgan fingerprint density at radius 2 is 2.00 bits per heavy atom. The fraction of sp³-hybridized carbons (Fsp3) is 0.533. The van der Waals surface area contributed by atoms with Crippen molar-refractivity contribution in [3.05, 3.63) is 29.3 Å². The van der Waals surface area contributed by atoms with Crippen molar-refractivity contribution in [2.45, 2.75) is 31.8 Å². The number of likely N-dealkylation sites (tertiary alicyclic amines) is 1. The molecule has 0 saturated carbocycles. The Morgan fingerprint density at radius 1 is 1.32 bits per heavy atom. The van der Waals surface area contributed by atoms with Gasteiger partial charge in [-0.15, -0.1) is 0 Å². The van der Waals surface area contributed by atoms with Gasteiger partial charge >= 0.3 is 0 Å². The van der Waals surface area contributed by atoms with Gasteiger partial charge in [0.15, 0.2) is 0 Å². The Hall–Kier alpha value is -1.55. The zero-order valence-electron chi connectivity index (χ0n) is 11.6. The molecule has 0 bridgehead atoms. The summed E-state index contributed by atoms with van der Waals surface area (Å²) in [4.78, 5) is 14.0. The number of ether oxygens (including phenoxy) is 1. The predicted molar refractivity (Wildman–Crippen MR) is 71.5 cm³/mol. The van der Waals surface area contributed by atoms with Crippen LogP contribution in [-0.2, 0) is 5.41 Å². The third kappa shape index (κ3) is 2.00. The molecule has 19 heavy (non-hydrogen) atoms. The van der Waals surface area contributed by atoms with E-state index in [2.05, 4.69) is 13.8 Å². The van der Waals surface area contributed by atoms with Crippen molar-refractivity contribution in [2.75, 3.05) is 19.7 Å². The van der Waals surface area contributed by atoms with Gasteiger partial charge in [0.05, 0.1) is 25.3 Å². The molecule has 102 valence electrons. The van der Waals surface area contributed by atoms with Gasteiger partial charge in [-0.2, -0.15) is 0 Å². The van der Waals surface area contributed by atoms with E-state index in [-0.39, 0.29) is 11.3 Å². The van der Waals surface area contributed by atoms with Gasteiger partial charge in [0, 0.05) is 16.5 Å². The van der Waals surface area contributed by atoms with Crippen molar-refractivity contribution >= 4 is 5.91 Å². The number of β-amino-alcohol motifs (C(OH)–C–C–N with tert-alkyl or cyclic N) is 1. The van der Waals surface area contributed by atoms with E-state index in [1.807, 2.05) is 12.1 Å². The van der Waals surface area contributed by atoms with Crippen LogP contribution >= 0.6 is 0 Å². The number of amides is 1. The van der Waals surface area contributed by atoms with Gasteiger partial charge in [0.2, 0.25) is 0 Å². The van der Waals surface area contributed by atoms with Crippen LogP contribution in [0.2, 0.25) is 0 Å². The van der Waals surface area contributed by atoms with Crippen LogP contribution in [0.1, 0.15) is 36.7 Å². The molecule has 0 radical (unpaired) electrons. The number of hydrogen-bond acceptors (Lipinski definition) is 3. The van der Waals surface area contributed by atoms with Crippen LogP contribution in [-0.4, -0.2) is 41.2 Å². The van der Waals surface area contributed by atoms with Gasteiger partial charge in [-0.1, -0.05) is 13.8 Å². The maximum atomic E-state index is 12.3. The van der Waals surface area contributed by atoms with Crippen LogP contribution in [0.25, 0.3) is 0 Å². The lowest BCUT2D eigenvalue weighted by Gasteiger charge is -2.44. The summed E-state index contributed by atoms with van der Waals surface area (Å²) >= 11 is 0. The highest BCUT2D eigenvalue weighted by Gasteiger charge is 2.40. The average Bonchev–Trinajstić information content (AvgIpc) is 2.61. The topological polar surface area (TPSA) is 49.8 Å². The van der Waals surface area contributed by atoms with Gasteiger partial charge in [0.1, 0.15) is 5.75 Å². The third-order valence-corrected chi connectivity index (χ3v) is 3.89. The van der Waals surface area contributed by atoms with Crippen LogP contribution < -0.4 is 4.74 Å². The van der Waals surface area contributed by atoms with Crippen molar-refractivity contribution in [3.63, 3.8) is 0 Å². The van der Waals surface area contributed by atoms with Crippen molar-refractivity contribution in [1.29, 1.82) is 0 Å². The normalized spacial score (nSPS) is 22.4. The highest BCUT2D eigenvalue weighted by atomic mass is 16.5. The molecule has 2 aliphatic rings. The van der Waals surface area contributed by atoms with E-state index in [9.17, 15) is 9.90 Å². The Kier molecular flexibility index (Phi) is 2.45. The summed E-state index contributed by atoms with van der Waals surface area (Å²) in [7, 11) is 0. The SMILES string of the molecule is CC1(O)CN(C(=O)c2ccc3c(c2)C(C)(C)CO3)C1. The second kappa shape index (κ2) is 3.73. The molecule has 1 saturated heterocycles. The molecule has 0 aromatic heterocycles. The van der Waals surface area contributed by atoms with Crippen molar-refractivity contribution in [2.24, 2.45) is 0 Å². The lowest BCUT2D eigenvalue weighted by Crippen LogP contribution is -2.61. The number of aliphatic hydroxyl groups is 1.